The van der Waals surface area contributed by atoms with E-state index in [1.807, 2.05) is 5.92 Å². The molecule has 0 aliphatic carbocycles. The quantitative estimate of drug-likeness (QED) is 0.344. The molecule has 0 nitrogen and oxygen atoms in total. The van der Waals surface area contributed by atoms with Crippen LogP contribution in [0.4, 0.5) is 0 Å². The largest absolute Gasteiger partial charge is 0.0654 e. The summed E-state index contributed by atoms with van der Waals surface area (Å²) in [4.78, 5) is 0. The first-order valence-corrected chi connectivity index (χ1v) is 9.74. The van der Waals surface area contributed by atoms with Crippen LogP contribution in [0, 0.1) is 23.2 Å². The highest BCUT2D eigenvalue weighted by atomic mass is 14.3. The third-order valence-electron chi connectivity index (χ3n) is 5.22. The summed E-state index contributed by atoms with van der Waals surface area (Å²) >= 11 is 0. The molecule has 0 aromatic heterocycles. The number of hydrogen-bond acceptors (Lipinski definition) is 0. The second kappa shape index (κ2) is 11.6. The molecule has 21 heavy (non-hydrogen) atoms. The van der Waals surface area contributed by atoms with Crippen LogP contribution in [-0.2, 0) is 0 Å². The van der Waals surface area contributed by atoms with Gasteiger partial charge in [-0.2, -0.15) is 0 Å². The molecule has 0 bridgehead atoms. The summed E-state index contributed by atoms with van der Waals surface area (Å²) in [7, 11) is 0. The average Bonchev–Trinajstić information content (AvgIpc) is 2.44. The number of rotatable bonds is 12. The van der Waals surface area contributed by atoms with Crippen molar-refractivity contribution in [1.82, 2.24) is 0 Å². The highest BCUT2D eigenvalue weighted by Gasteiger charge is 2.29. The molecule has 0 aliphatic heterocycles. The van der Waals surface area contributed by atoms with Crippen LogP contribution in [0.15, 0.2) is 0 Å². The van der Waals surface area contributed by atoms with Crippen molar-refractivity contribution in [2.45, 2.75) is 113 Å². The zero-order chi connectivity index (χ0) is 16.3. The highest BCUT2D eigenvalue weighted by Crippen LogP contribution is 2.41. The molecular formula is C21H43. The summed E-state index contributed by atoms with van der Waals surface area (Å²) < 4.78 is 0. The fraction of sp³-hybridized carbons (Fsp3) is 0.952. The molecule has 0 saturated carbocycles. The van der Waals surface area contributed by atoms with Gasteiger partial charge in [0.1, 0.15) is 0 Å². The smallest absolute Gasteiger partial charge is 0.0182 e. The lowest BCUT2D eigenvalue weighted by molar-refractivity contribution is 0.287. The van der Waals surface area contributed by atoms with Crippen molar-refractivity contribution in [1.29, 1.82) is 0 Å². The van der Waals surface area contributed by atoms with Crippen LogP contribution in [0.3, 0.4) is 0 Å². The SMILES string of the molecule is CCCCC(CC)C[C](CC(CC)CCCC)C(C)(C)C. The average molecular weight is 296 g/mol. The van der Waals surface area contributed by atoms with Crippen molar-refractivity contribution in [2.24, 2.45) is 17.3 Å². The molecule has 0 aliphatic rings. The number of hydrogen-bond donors (Lipinski definition) is 0. The van der Waals surface area contributed by atoms with Gasteiger partial charge < -0.3 is 0 Å². The molecule has 0 fully saturated rings. The van der Waals surface area contributed by atoms with Gasteiger partial charge in [-0.1, -0.05) is 99.8 Å². The van der Waals surface area contributed by atoms with Gasteiger partial charge in [0.15, 0.2) is 0 Å². The van der Waals surface area contributed by atoms with Gasteiger partial charge >= 0.3 is 0 Å². The van der Waals surface area contributed by atoms with Gasteiger partial charge in [-0.25, -0.2) is 0 Å². The fourth-order valence-electron chi connectivity index (χ4n) is 3.28. The molecule has 0 aromatic rings. The lowest BCUT2D eigenvalue weighted by atomic mass is 9.70. The molecule has 0 aromatic carbocycles. The van der Waals surface area contributed by atoms with E-state index in [-0.39, 0.29) is 0 Å². The molecule has 0 rings (SSSR count). The Hall–Kier alpha value is 0. The Morgan fingerprint density at radius 3 is 1.33 bits per heavy atom. The summed E-state index contributed by atoms with van der Waals surface area (Å²) in [5.74, 6) is 3.68. The Morgan fingerprint density at radius 2 is 1.10 bits per heavy atom. The maximum absolute atomic E-state index is 2.43. The van der Waals surface area contributed by atoms with E-state index in [1.54, 1.807) is 0 Å². The van der Waals surface area contributed by atoms with E-state index < -0.39 is 0 Å². The van der Waals surface area contributed by atoms with Crippen LogP contribution >= 0.6 is 0 Å². The minimum absolute atomic E-state index is 0.388. The van der Waals surface area contributed by atoms with E-state index >= 15 is 0 Å². The molecular weight excluding hydrogens is 252 g/mol. The van der Waals surface area contributed by atoms with Gasteiger partial charge in [-0.3, -0.25) is 0 Å². The number of unbranched alkanes of at least 4 members (excludes halogenated alkanes) is 2. The van der Waals surface area contributed by atoms with Crippen molar-refractivity contribution in [3.05, 3.63) is 5.92 Å². The van der Waals surface area contributed by atoms with E-state index in [4.69, 9.17) is 0 Å². The first kappa shape index (κ1) is 21.0. The Labute approximate surface area is 136 Å². The predicted octanol–water partition coefficient (Wildman–Crippen LogP) is 7.82. The Bertz CT molecular complexity index is 205. The maximum Gasteiger partial charge on any atom is -0.0182 e. The summed E-state index contributed by atoms with van der Waals surface area (Å²) in [6, 6.07) is 0. The van der Waals surface area contributed by atoms with Gasteiger partial charge in [0, 0.05) is 0 Å². The first-order valence-electron chi connectivity index (χ1n) is 9.74. The molecule has 0 N–H and O–H groups in total. The monoisotopic (exact) mass is 295 g/mol. The fourth-order valence-corrected chi connectivity index (χ4v) is 3.28. The van der Waals surface area contributed by atoms with Gasteiger partial charge in [0.05, 0.1) is 0 Å². The van der Waals surface area contributed by atoms with Crippen molar-refractivity contribution >= 4 is 0 Å². The molecule has 127 valence electrons. The zero-order valence-corrected chi connectivity index (χ0v) is 16.2. The van der Waals surface area contributed by atoms with Gasteiger partial charge in [0.2, 0.25) is 0 Å². The first-order chi connectivity index (χ1) is 9.88. The summed E-state index contributed by atoms with van der Waals surface area (Å²) in [5.41, 5.74) is 0.388. The minimum atomic E-state index is 0.388. The minimum Gasteiger partial charge on any atom is -0.0654 e. The predicted molar refractivity (Wildman–Crippen MR) is 98.5 cm³/mol. The molecule has 0 heteroatoms. The van der Waals surface area contributed by atoms with Crippen LogP contribution in [0.25, 0.3) is 0 Å². The topological polar surface area (TPSA) is 0 Å². The second-order valence-electron chi connectivity index (χ2n) is 8.09. The molecule has 0 amide bonds. The van der Waals surface area contributed by atoms with Crippen molar-refractivity contribution in [3.8, 4) is 0 Å². The molecule has 2 unspecified atom stereocenters. The summed E-state index contributed by atoms with van der Waals surface area (Å²) in [6.45, 7) is 16.7. The summed E-state index contributed by atoms with van der Waals surface area (Å²) in [6.07, 6.45) is 13.8. The van der Waals surface area contributed by atoms with Crippen LogP contribution < -0.4 is 0 Å². The normalized spacial score (nSPS) is 15.4. The van der Waals surface area contributed by atoms with Crippen molar-refractivity contribution in [2.75, 3.05) is 0 Å². The second-order valence-corrected chi connectivity index (χ2v) is 8.09. The zero-order valence-electron chi connectivity index (χ0n) is 16.2. The Kier molecular flexibility index (Phi) is 11.6. The molecule has 0 saturated heterocycles. The van der Waals surface area contributed by atoms with E-state index in [0.29, 0.717) is 5.41 Å². The van der Waals surface area contributed by atoms with Crippen molar-refractivity contribution in [3.63, 3.8) is 0 Å². The molecule has 2 atom stereocenters. The van der Waals surface area contributed by atoms with Gasteiger partial charge in [0.25, 0.3) is 0 Å². The van der Waals surface area contributed by atoms with Crippen LogP contribution in [0.5, 0.6) is 0 Å². The molecule has 0 heterocycles. The van der Waals surface area contributed by atoms with E-state index in [2.05, 4.69) is 48.5 Å². The van der Waals surface area contributed by atoms with Gasteiger partial charge in [-0.15, -0.1) is 0 Å². The maximum atomic E-state index is 2.43. The van der Waals surface area contributed by atoms with Crippen LogP contribution in [0.1, 0.15) is 113 Å². The third-order valence-corrected chi connectivity index (χ3v) is 5.22. The highest BCUT2D eigenvalue weighted by molar-refractivity contribution is 5.02. The van der Waals surface area contributed by atoms with Crippen molar-refractivity contribution < 1.29 is 0 Å². The molecule has 1 radical (unpaired) electrons. The van der Waals surface area contributed by atoms with E-state index in [9.17, 15) is 0 Å². The Balaban J connectivity index is 4.63. The lowest BCUT2D eigenvalue weighted by Crippen LogP contribution is -2.24. The van der Waals surface area contributed by atoms with Gasteiger partial charge in [-0.05, 0) is 36.0 Å². The van der Waals surface area contributed by atoms with Crippen LogP contribution in [-0.4, -0.2) is 0 Å². The van der Waals surface area contributed by atoms with E-state index in [1.165, 1.54) is 64.2 Å². The lowest BCUT2D eigenvalue weighted by Gasteiger charge is -2.35. The summed E-state index contributed by atoms with van der Waals surface area (Å²) in [5, 5.41) is 0. The Morgan fingerprint density at radius 1 is 0.714 bits per heavy atom. The van der Waals surface area contributed by atoms with E-state index in [0.717, 1.165) is 11.8 Å². The molecule has 0 spiro atoms. The standard InChI is InChI=1S/C21H43/c1-8-12-14-18(10-3)16-20(21(5,6)7)17-19(11-4)15-13-9-2/h18-19H,8-17H2,1-7H3. The third kappa shape index (κ3) is 9.59. The van der Waals surface area contributed by atoms with Crippen LogP contribution in [0.2, 0.25) is 0 Å².